The van der Waals surface area contributed by atoms with E-state index < -0.39 is 0 Å². The second kappa shape index (κ2) is 4.50. The Morgan fingerprint density at radius 2 is 2.19 bits per heavy atom. The van der Waals surface area contributed by atoms with Gasteiger partial charge in [0.2, 0.25) is 0 Å². The van der Waals surface area contributed by atoms with Crippen molar-refractivity contribution < 1.29 is 0 Å². The van der Waals surface area contributed by atoms with Gasteiger partial charge in [-0.05, 0) is 36.0 Å². The van der Waals surface area contributed by atoms with Gasteiger partial charge in [-0.3, -0.25) is 0 Å². The summed E-state index contributed by atoms with van der Waals surface area (Å²) < 4.78 is 1.17. The van der Waals surface area contributed by atoms with E-state index >= 15 is 0 Å². The molecule has 0 heterocycles. The molecule has 0 radical (unpaired) electrons. The fourth-order valence-electron chi connectivity index (χ4n) is 2.17. The van der Waals surface area contributed by atoms with E-state index in [1.54, 1.807) is 0 Å². The van der Waals surface area contributed by atoms with E-state index in [0.29, 0.717) is 17.5 Å². The maximum atomic E-state index is 3.75. The molecule has 0 bridgehead atoms. The SMILES string of the molecule is CCC(NC1CC1(C)C)c1cccc(Br)c1. The lowest BCUT2D eigenvalue weighted by atomic mass is 10.0. The van der Waals surface area contributed by atoms with Gasteiger partial charge in [-0.15, -0.1) is 0 Å². The molecule has 0 aliphatic heterocycles. The van der Waals surface area contributed by atoms with Crippen LogP contribution in [0.4, 0.5) is 0 Å². The summed E-state index contributed by atoms with van der Waals surface area (Å²) in [4.78, 5) is 0. The minimum Gasteiger partial charge on any atom is -0.307 e. The highest BCUT2D eigenvalue weighted by Gasteiger charge is 2.46. The molecule has 2 rings (SSSR count). The Morgan fingerprint density at radius 3 is 2.69 bits per heavy atom. The Kier molecular flexibility index (Phi) is 3.41. The molecular formula is C14H20BrN. The van der Waals surface area contributed by atoms with Crippen molar-refractivity contribution in [3.05, 3.63) is 34.3 Å². The molecular weight excluding hydrogens is 262 g/mol. The third-order valence-corrected chi connectivity index (χ3v) is 4.07. The largest absolute Gasteiger partial charge is 0.307 e. The molecule has 1 aromatic rings. The average Bonchev–Trinajstić information content (AvgIpc) is 2.82. The predicted molar refractivity (Wildman–Crippen MR) is 72.5 cm³/mol. The lowest BCUT2D eigenvalue weighted by Crippen LogP contribution is -2.25. The summed E-state index contributed by atoms with van der Waals surface area (Å²) >= 11 is 3.54. The van der Waals surface area contributed by atoms with Crippen molar-refractivity contribution in [2.45, 2.75) is 45.7 Å². The zero-order valence-electron chi connectivity index (χ0n) is 10.3. The van der Waals surface area contributed by atoms with Gasteiger partial charge in [0.15, 0.2) is 0 Å². The maximum Gasteiger partial charge on any atom is 0.0320 e. The Bertz CT molecular complexity index is 373. The predicted octanol–water partition coefficient (Wildman–Crippen LogP) is 4.29. The molecule has 1 saturated carbocycles. The van der Waals surface area contributed by atoms with Crippen molar-refractivity contribution in [1.29, 1.82) is 0 Å². The fraction of sp³-hybridized carbons (Fsp3) is 0.571. The molecule has 1 N–H and O–H groups in total. The van der Waals surface area contributed by atoms with Crippen LogP contribution in [0.15, 0.2) is 28.7 Å². The first-order valence-electron chi connectivity index (χ1n) is 6.04. The lowest BCUT2D eigenvalue weighted by Gasteiger charge is -2.19. The van der Waals surface area contributed by atoms with Crippen LogP contribution < -0.4 is 5.32 Å². The summed E-state index contributed by atoms with van der Waals surface area (Å²) in [6, 6.07) is 9.80. The minimum atomic E-state index is 0.490. The first kappa shape index (κ1) is 12.1. The normalized spacial score (nSPS) is 24.1. The van der Waals surface area contributed by atoms with Gasteiger partial charge in [-0.25, -0.2) is 0 Å². The first-order chi connectivity index (χ1) is 7.53. The monoisotopic (exact) mass is 281 g/mol. The van der Waals surface area contributed by atoms with E-state index in [2.05, 4.69) is 66.3 Å². The maximum absolute atomic E-state index is 3.75. The van der Waals surface area contributed by atoms with Crippen LogP contribution in [0, 0.1) is 5.41 Å². The molecule has 16 heavy (non-hydrogen) atoms. The van der Waals surface area contributed by atoms with Gasteiger partial charge in [0.1, 0.15) is 0 Å². The molecule has 1 aromatic carbocycles. The highest BCUT2D eigenvalue weighted by atomic mass is 79.9. The van der Waals surface area contributed by atoms with Gasteiger partial charge >= 0.3 is 0 Å². The number of rotatable bonds is 4. The molecule has 2 atom stereocenters. The second-order valence-electron chi connectivity index (χ2n) is 5.43. The van der Waals surface area contributed by atoms with Gasteiger partial charge in [0, 0.05) is 16.6 Å². The van der Waals surface area contributed by atoms with Crippen molar-refractivity contribution in [2.75, 3.05) is 0 Å². The molecule has 0 amide bonds. The highest BCUT2D eigenvalue weighted by Crippen LogP contribution is 2.46. The molecule has 1 fully saturated rings. The zero-order valence-corrected chi connectivity index (χ0v) is 11.8. The van der Waals surface area contributed by atoms with Crippen LogP contribution in [0.25, 0.3) is 0 Å². The van der Waals surface area contributed by atoms with E-state index in [9.17, 15) is 0 Å². The van der Waals surface area contributed by atoms with E-state index in [1.807, 2.05) is 0 Å². The van der Waals surface area contributed by atoms with E-state index in [4.69, 9.17) is 0 Å². The number of hydrogen-bond donors (Lipinski definition) is 1. The zero-order chi connectivity index (χ0) is 11.8. The number of halogens is 1. The molecule has 0 spiro atoms. The van der Waals surface area contributed by atoms with Crippen molar-refractivity contribution in [3.8, 4) is 0 Å². The highest BCUT2D eigenvalue weighted by molar-refractivity contribution is 9.10. The summed E-state index contributed by atoms with van der Waals surface area (Å²) in [5, 5.41) is 3.75. The smallest absolute Gasteiger partial charge is 0.0320 e. The minimum absolute atomic E-state index is 0.490. The first-order valence-corrected chi connectivity index (χ1v) is 6.84. The Balaban J connectivity index is 2.05. The van der Waals surface area contributed by atoms with Crippen molar-refractivity contribution in [1.82, 2.24) is 5.32 Å². The third kappa shape index (κ3) is 2.67. The van der Waals surface area contributed by atoms with Gasteiger partial charge in [0.25, 0.3) is 0 Å². The van der Waals surface area contributed by atoms with Gasteiger partial charge in [-0.1, -0.05) is 48.8 Å². The van der Waals surface area contributed by atoms with Crippen LogP contribution in [0.2, 0.25) is 0 Å². The van der Waals surface area contributed by atoms with Crippen molar-refractivity contribution in [3.63, 3.8) is 0 Å². The van der Waals surface area contributed by atoms with Gasteiger partial charge in [0.05, 0.1) is 0 Å². The van der Waals surface area contributed by atoms with Crippen molar-refractivity contribution in [2.24, 2.45) is 5.41 Å². The molecule has 1 aliphatic carbocycles. The number of hydrogen-bond acceptors (Lipinski definition) is 1. The van der Waals surface area contributed by atoms with E-state index in [0.717, 1.165) is 6.42 Å². The summed E-state index contributed by atoms with van der Waals surface area (Å²) in [7, 11) is 0. The summed E-state index contributed by atoms with van der Waals surface area (Å²) in [5.74, 6) is 0. The van der Waals surface area contributed by atoms with Crippen LogP contribution in [-0.2, 0) is 0 Å². The molecule has 0 saturated heterocycles. The topological polar surface area (TPSA) is 12.0 Å². The van der Waals surface area contributed by atoms with Crippen LogP contribution >= 0.6 is 15.9 Å². The molecule has 2 heteroatoms. The van der Waals surface area contributed by atoms with Gasteiger partial charge < -0.3 is 5.32 Å². The summed E-state index contributed by atoms with van der Waals surface area (Å²) in [6.45, 7) is 6.91. The standard InChI is InChI=1S/C14H20BrN/c1-4-12(16-13-9-14(13,2)3)10-6-5-7-11(15)8-10/h5-8,12-13,16H,4,9H2,1-3H3. The fourth-order valence-corrected chi connectivity index (χ4v) is 2.58. The van der Waals surface area contributed by atoms with Gasteiger partial charge in [-0.2, -0.15) is 0 Å². The van der Waals surface area contributed by atoms with Crippen LogP contribution in [0.3, 0.4) is 0 Å². The third-order valence-electron chi connectivity index (χ3n) is 3.58. The Morgan fingerprint density at radius 1 is 1.50 bits per heavy atom. The van der Waals surface area contributed by atoms with Crippen LogP contribution in [-0.4, -0.2) is 6.04 Å². The molecule has 1 nitrogen and oxygen atoms in total. The second-order valence-corrected chi connectivity index (χ2v) is 6.34. The van der Waals surface area contributed by atoms with E-state index in [-0.39, 0.29) is 0 Å². The average molecular weight is 282 g/mol. The Labute approximate surface area is 107 Å². The molecule has 1 aliphatic rings. The summed E-state index contributed by atoms with van der Waals surface area (Å²) in [6.07, 6.45) is 2.44. The van der Waals surface area contributed by atoms with E-state index in [1.165, 1.54) is 16.5 Å². The van der Waals surface area contributed by atoms with Crippen molar-refractivity contribution >= 4 is 15.9 Å². The molecule has 88 valence electrons. The quantitative estimate of drug-likeness (QED) is 0.868. The van der Waals surface area contributed by atoms with Crippen LogP contribution in [0.5, 0.6) is 0 Å². The van der Waals surface area contributed by atoms with Crippen LogP contribution in [0.1, 0.15) is 45.2 Å². The molecule has 2 unspecified atom stereocenters. The summed E-state index contributed by atoms with van der Waals surface area (Å²) in [5.41, 5.74) is 1.89. The number of nitrogens with one attached hydrogen (secondary N) is 1. The Hall–Kier alpha value is -0.340. The molecule has 0 aromatic heterocycles. The lowest BCUT2D eigenvalue weighted by molar-refractivity contribution is 0.461. The number of benzene rings is 1.